The normalized spacial score (nSPS) is 11.9. The first-order valence-electron chi connectivity index (χ1n) is 6.07. The lowest BCUT2D eigenvalue weighted by atomic mass is 9.97. The average Bonchev–Trinajstić information content (AvgIpc) is 2.35. The van der Waals surface area contributed by atoms with Crippen molar-refractivity contribution >= 4 is 14.2 Å². The first-order chi connectivity index (χ1) is 7.69. The molecule has 1 unspecified atom stereocenters. The van der Waals surface area contributed by atoms with Crippen molar-refractivity contribution in [2.45, 2.75) is 47.0 Å². The van der Waals surface area contributed by atoms with Crippen LogP contribution in [0.3, 0.4) is 0 Å². The van der Waals surface area contributed by atoms with Crippen molar-refractivity contribution in [1.29, 1.82) is 0 Å². The van der Waals surface area contributed by atoms with Crippen molar-refractivity contribution in [3.8, 4) is 0 Å². The summed E-state index contributed by atoms with van der Waals surface area (Å²) in [5.74, 6) is 0.472. The predicted octanol–water partition coefficient (Wildman–Crippen LogP) is 4.01. The Labute approximate surface area is 102 Å². The Bertz CT molecular complexity index is 158. The maximum absolute atomic E-state index is 11.7. The summed E-state index contributed by atoms with van der Waals surface area (Å²) in [7, 11) is 2.18. The molecule has 0 aliphatic carbocycles. The van der Waals surface area contributed by atoms with Crippen LogP contribution in [-0.4, -0.2) is 26.2 Å². The molecule has 0 aliphatic rings. The largest absolute Gasteiger partial charge is 0.337 e. The van der Waals surface area contributed by atoms with E-state index in [1.54, 1.807) is 14.2 Å². The molecule has 0 fully saturated rings. The second kappa shape index (κ2) is 13.1. The Hall–Kier alpha value is 0.0200. The molecule has 3 nitrogen and oxygen atoms in total. The second-order valence-corrected chi connectivity index (χ2v) is 4.93. The molecule has 0 aliphatic heterocycles. The van der Waals surface area contributed by atoms with Crippen molar-refractivity contribution in [2.24, 2.45) is 5.92 Å². The summed E-state index contributed by atoms with van der Waals surface area (Å²) in [5.41, 5.74) is 0. The van der Waals surface area contributed by atoms with Crippen molar-refractivity contribution < 1.29 is 13.8 Å². The highest BCUT2D eigenvalue weighted by atomic mass is 31.2. The molecule has 0 saturated heterocycles. The van der Waals surface area contributed by atoms with E-state index >= 15 is 0 Å². The molecule has 0 spiro atoms. The van der Waals surface area contributed by atoms with Crippen LogP contribution in [0.2, 0.25) is 0 Å². The van der Waals surface area contributed by atoms with Gasteiger partial charge in [-0.15, -0.1) is 0 Å². The van der Waals surface area contributed by atoms with E-state index in [-0.39, 0.29) is 11.7 Å². The lowest BCUT2D eigenvalue weighted by Gasteiger charge is -2.16. The van der Waals surface area contributed by atoms with E-state index in [1.165, 1.54) is 0 Å². The van der Waals surface area contributed by atoms with E-state index < -0.39 is 8.38 Å². The van der Waals surface area contributed by atoms with Crippen LogP contribution in [0.1, 0.15) is 47.0 Å². The minimum atomic E-state index is -0.994. The van der Waals surface area contributed by atoms with Crippen LogP contribution >= 0.6 is 8.38 Å². The molecule has 0 saturated carbocycles. The highest BCUT2D eigenvalue weighted by molar-refractivity contribution is 7.48. The topological polar surface area (TPSA) is 35.5 Å². The number of Topliss-reactive ketones (excluding diaryl/α,β-unsaturated/α-hetero) is 1. The molecule has 0 aromatic carbocycles. The van der Waals surface area contributed by atoms with E-state index in [9.17, 15) is 4.79 Å². The first-order valence-corrected chi connectivity index (χ1v) is 7.44. The molecule has 0 rings (SSSR count). The fourth-order valence-corrected chi connectivity index (χ4v) is 2.32. The SMILES string of the molecule is CC.CCCC(CC)C(=O)CP(OC)OC. The Morgan fingerprint density at radius 1 is 1.19 bits per heavy atom. The standard InChI is InChI=1S/C10H21O3P.C2H6/c1-5-7-9(6-2)10(11)8-14(12-3)13-4;1-2/h9H,5-8H2,1-4H3;1-2H3. The number of ketones is 1. The zero-order valence-corrected chi connectivity index (χ0v) is 12.5. The van der Waals surface area contributed by atoms with Gasteiger partial charge in [-0.05, 0) is 12.8 Å². The molecule has 0 bridgehead atoms. The number of carbonyl (C=O) groups excluding carboxylic acids is 1. The summed E-state index contributed by atoms with van der Waals surface area (Å²) in [6.45, 7) is 8.16. The number of carbonyl (C=O) groups is 1. The summed E-state index contributed by atoms with van der Waals surface area (Å²) < 4.78 is 10.1. The summed E-state index contributed by atoms with van der Waals surface area (Å²) >= 11 is 0. The zero-order chi connectivity index (χ0) is 13.0. The van der Waals surface area contributed by atoms with Crippen molar-refractivity contribution in [2.75, 3.05) is 20.4 Å². The van der Waals surface area contributed by atoms with Gasteiger partial charge in [0.25, 0.3) is 0 Å². The van der Waals surface area contributed by atoms with E-state index in [4.69, 9.17) is 9.05 Å². The molecule has 16 heavy (non-hydrogen) atoms. The number of hydrogen-bond acceptors (Lipinski definition) is 3. The van der Waals surface area contributed by atoms with Gasteiger partial charge in [-0.1, -0.05) is 34.1 Å². The van der Waals surface area contributed by atoms with Gasteiger partial charge in [0.2, 0.25) is 0 Å². The van der Waals surface area contributed by atoms with Gasteiger partial charge in [0.15, 0.2) is 8.38 Å². The van der Waals surface area contributed by atoms with Crippen LogP contribution in [0.4, 0.5) is 0 Å². The van der Waals surface area contributed by atoms with Gasteiger partial charge in [0.05, 0.1) is 6.16 Å². The smallest absolute Gasteiger partial charge is 0.177 e. The van der Waals surface area contributed by atoms with Crippen LogP contribution in [-0.2, 0) is 13.8 Å². The van der Waals surface area contributed by atoms with Crippen molar-refractivity contribution in [1.82, 2.24) is 0 Å². The van der Waals surface area contributed by atoms with E-state index in [0.717, 1.165) is 19.3 Å². The molecule has 0 aromatic rings. The monoisotopic (exact) mass is 250 g/mol. The van der Waals surface area contributed by atoms with Crippen LogP contribution in [0, 0.1) is 5.92 Å². The lowest BCUT2D eigenvalue weighted by molar-refractivity contribution is -0.120. The third-order valence-electron chi connectivity index (χ3n) is 2.28. The van der Waals surface area contributed by atoms with Gasteiger partial charge in [0.1, 0.15) is 5.78 Å². The van der Waals surface area contributed by atoms with Gasteiger partial charge in [-0.3, -0.25) is 4.79 Å². The molecular weight excluding hydrogens is 223 g/mol. The molecule has 1 atom stereocenters. The number of rotatable bonds is 8. The highest BCUT2D eigenvalue weighted by Crippen LogP contribution is 2.36. The Morgan fingerprint density at radius 3 is 2.00 bits per heavy atom. The fourth-order valence-electron chi connectivity index (χ4n) is 1.40. The second-order valence-electron chi connectivity index (χ2n) is 3.22. The molecule has 0 aromatic heterocycles. The van der Waals surface area contributed by atoms with E-state index in [2.05, 4.69) is 13.8 Å². The first kappa shape index (κ1) is 18.4. The molecule has 4 heteroatoms. The third kappa shape index (κ3) is 8.20. The van der Waals surface area contributed by atoms with Gasteiger partial charge in [0, 0.05) is 20.1 Å². The van der Waals surface area contributed by atoms with E-state index in [1.807, 2.05) is 13.8 Å². The summed E-state index contributed by atoms with van der Waals surface area (Å²) in [5, 5.41) is 0. The Kier molecular flexibility index (Phi) is 15.0. The molecular formula is C12H27O3P. The van der Waals surface area contributed by atoms with Gasteiger partial charge >= 0.3 is 0 Å². The highest BCUT2D eigenvalue weighted by Gasteiger charge is 2.20. The van der Waals surface area contributed by atoms with E-state index in [0.29, 0.717) is 6.16 Å². The Balaban J connectivity index is 0. The molecule has 0 amide bonds. The van der Waals surface area contributed by atoms with Crippen LogP contribution < -0.4 is 0 Å². The summed E-state index contributed by atoms with van der Waals surface area (Å²) in [6.07, 6.45) is 3.39. The quantitative estimate of drug-likeness (QED) is 0.610. The van der Waals surface area contributed by atoms with Crippen molar-refractivity contribution in [3.05, 3.63) is 0 Å². The van der Waals surface area contributed by atoms with Gasteiger partial charge in [-0.25, -0.2) is 0 Å². The molecule has 98 valence electrons. The van der Waals surface area contributed by atoms with Gasteiger partial charge < -0.3 is 9.05 Å². The minimum absolute atomic E-state index is 0.190. The van der Waals surface area contributed by atoms with Crippen molar-refractivity contribution in [3.63, 3.8) is 0 Å². The zero-order valence-electron chi connectivity index (χ0n) is 11.6. The minimum Gasteiger partial charge on any atom is -0.337 e. The molecule has 0 radical (unpaired) electrons. The van der Waals surface area contributed by atoms with Gasteiger partial charge in [-0.2, -0.15) is 0 Å². The Morgan fingerprint density at radius 2 is 1.69 bits per heavy atom. The maximum atomic E-state index is 11.7. The summed E-state index contributed by atoms with van der Waals surface area (Å²) in [4.78, 5) is 11.7. The predicted molar refractivity (Wildman–Crippen MR) is 70.8 cm³/mol. The van der Waals surface area contributed by atoms with Crippen LogP contribution in [0.15, 0.2) is 0 Å². The maximum Gasteiger partial charge on any atom is 0.177 e. The van der Waals surface area contributed by atoms with Crippen LogP contribution in [0.25, 0.3) is 0 Å². The third-order valence-corrected chi connectivity index (χ3v) is 3.66. The van der Waals surface area contributed by atoms with Crippen LogP contribution in [0.5, 0.6) is 0 Å². The average molecular weight is 250 g/mol. The summed E-state index contributed by atoms with van der Waals surface area (Å²) in [6, 6.07) is 0. The molecule has 0 heterocycles. The lowest BCUT2D eigenvalue weighted by Crippen LogP contribution is -2.17. The molecule has 0 N–H and O–H groups in total. The fraction of sp³-hybridized carbons (Fsp3) is 0.917. The number of hydrogen-bond donors (Lipinski definition) is 0.